The molecule has 7 nitrogen and oxygen atoms in total. The standard InChI is InChI=1S/C15H14N4O3/c20-15(11-3-5-13(6-4-11)19(21)22)16-8-12-7-14(10-1-2-10)18-9-17-12/h3-7,9-10H,1-2,8H2,(H,16,20). The second-order valence-corrected chi connectivity index (χ2v) is 5.20. The third-order valence-corrected chi connectivity index (χ3v) is 3.51. The molecule has 1 fully saturated rings. The number of hydrogen-bond donors (Lipinski definition) is 1. The van der Waals surface area contributed by atoms with Crippen LogP contribution in [0.2, 0.25) is 0 Å². The Morgan fingerprint density at radius 1 is 1.27 bits per heavy atom. The molecule has 1 aliphatic carbocycles. The van der Waals surface area contributed by atoms with E-state index in [9.17, 15) is 14.9 Å². The summed E-state index contributed by atoms with van der Waals surface area (Å²) in [7, 11) is 0. The van der Waals surface area contributed by atoms with E-state index in [1.807, 2.05) is 6.07 Å². The summed E-state index contributed by atoms with van der Waals surface area (Å²) in [4.78, 5) is 30.4. The molecule has 0 bridgehead atoms. The summed E-state index contributed by atoms with van der Waals surface area (Å²) in [6, 6.07) is 7.40. The lowest BCUT2D eigenvalue weighted by Crippen LogP contribution is -2.23. The molecule has 1 aliphatic rings. The van der Waals surface area contributed by atoms with E-state index in [1.54, 1.807) is 0 Å². The average molecular weight is 298 g/mol. The van der Waals surface area contributed by atoms with Gasteiger partial charge in [0.05, 0.1) is 17.2 Å². The summed E-state index contributed by atoms with van der Waals surface area (Å²) in [5.41, 5.74) is 2.12. The van der Waals surface area contributed by atoms with Crippen LogP contribution >= 0.6 is 0 Å². The Morgan fingerprint density at radius 2 is 2.00 bits per heavy atom. The van der Waals surface area contributed by atoms with Gasteiger partial charge in [-0.1, -0.05) is 0 Å². The minimum absolute atomic E-state index is 0.0403. The number of benzene rings is 1. The zero-order valence-electron chi connectivity index (χ0n) is 11.7. The number of amides is 1. The van der Waals surface area contributed by atoms with Crippen molar-refractivity contribution in [2.45, 2.75) is 25.3 Å². The Bertz CT molecular complexity index is 711. The first-order chi connectivity index (χ1) is 10.6. The van der Waals surface area contributed by atoms with Gasteiger partial charge in [-0.15, -0.1) is 0 Å². The van der Waals surface area contributed by atoms with Gasteiger partial charge in [-0.25, -0.2) is 9.97 Å². The van der Waals surface area contributed by atoms with Crippen LogP contribution in [0.3, 0.4) is 0 Å². The highest BCUT2D eigenvalue weighted by Gasteiger charge is 2.25. The second kappa shape index (κ2) is 5.88. The molecule has 3 rings (SSSR count). The highest BCUT2D eigenvalue weighted by atomic mass is 16.6. The third-order valence-electron chi connectivity index (χ3n) is 3.51. The number of carbonyl (C=O) groups is 1. The Hall–Kier alpha value is -2.83. The van der Waals surface area contributed by atoms with Gasteiger partial charge in [0, 0.05) is 29.3 Å². The molecule has 1 N–H and O–H groups in total. The number of nitrogens with zero attached hydrogens (tertiary/aromatic N) is 3. The van der Waals surface area contributed by atoms with Gasteiger partial charge in [0.25, 0.3) is 11.6 Å². The maximum Gasteiger partial charge on any atom is 0.269 e. The van der Waals surface area contributed by atoms with Gasteiger partial charge in [-0.05, 0) is 31.0 Å². The zero-order chi connectivity index (χ0) is 15.5. The predicted molar refractivity (Wildman–Crippen MR) is 78.3 cm³/mol. The van der Waals surface area contributed by atoms with Gasteiger partial charge in [0.15, 0.2) is 0 Å². The average Bonchev–Trinajstić information content (AvgIpc) is 3.38. The second-order valence-electron chi connectivity index (χ2n) is 5.20. The lowest BCUT2D eigenvalue weighted by molar-refractivity contribution is -0.384. The summed E-state index contributed by atoms with van der Waals surface area (Å²) in [5.74, 6) is 0.244. The molecule has 0 aliphatic heterocycles. The van der Waals surface area contributed by atoms with Crippen LogP contribution in [0.25, 0.3) is 0 Å². The largest absolute Gasteiger partial charge is 0.346 e. The lowest BCUT2D eigenvalue weighted by atomic mass is 10.2. The van der Waals surface area contributed by atoms with Crippen LogP contribution in [-0.4, -0.2) is 20.8 Å². The van der Waals surface area contributed by atoms with Crippen molar-refractivity contribution in [3.05, 3.63) is 63.7 Å². The van der Waals surface area contributed by atoms with Gasteiger partial charge in [-0.3, -0.25) is 14.9 Å². The fourth-order valence-electron chi connectivity index (χ4n) is 2.12. The van der Waals surface area contributed by atoms with Gasteiger partial charge < -0.3 is 5.32 Å². The monoisotopic (exact) mass is 298 g/mol. The van der Waals surface area contributed by atoms with Crippen LogP contribution in [0.15, 0.2) is 36.7 Å². The van der Waals surface area contributed by atoms with Gasteiger partial charge in [-0.2, -0.15) is 0 Å². The number of rotatable bonds is 5. The van der Waals surface area contributed by atoms with Crippen molar-refractivity contribution in [2.24, 2.45) is 0 Å². The van der Waals surface area contributed by atoms with Crippen molar-refractivity contribution < 1.29 is 9.72 Å². The molecule has 112 valence electrons. The van der Waals surface area contributed by atoms with Crippen LogP contribution in [0, 0.1) is 10.1 Å². The minimum atomic E-state index is -0.498. The molecule has 0 unspecified atom stereocenters. The van der Waals surface area contributed by atoms with Crippen molar-refractivity contribution >= 4 is 11.6 Å². The van der Waals surface area contributed by atoms with Crippen LogP contribution < -0.4 is 5.32 Å². The molecule has 2 aromatic rings. The van der Waals surface area contributed by atoms with Crippen molar-refractivity contribution in [2.75, 3.05) is 0 Å². The van der Waals surface area contributed by atoms with E-state index in [4.69, 9.17) is 0 Å². The van der Waals surface area contributed by atoms with E-state index in [0.29, 0.717) is 18.0 Å². The Morgan fingerprint density at radius 3 is 2.64 bits per heavy atom. The van der Waals surface area contributed by atoms with Crippen molar-refractivity contribution in [1.82, 2.24) is 15.3 Å². The first-order valence-corrected chi connectivity index (χ1v) is 6.97. The number of carbonyl (C=O) groups excluding carboxylic acids is 1. The van der Waals surface area contributed by atoms with E-state index in [0.717, 1.165) is 24.2 Å². The summed E-state index contributed by atoms with van der Waals surface area (Å²) < 4.78 is 0. The highest BCUT2D eigenvalue weighted by molar-refractivity contribution is 5.94. The van der Waals surface area contributed by atoms with Gasteiger partial charge in [0.2, 0.25) is 0 Å². The smallest absolute Gasteiger partial charge is 0.269 e. The molecule has 22 heavy (non-hydrogen) atoms. The van der Waals surface area contributed by atoms with Crippen molar-refractivity contribution in [1.29, 1.82) is 0 Å². The van der Waals surface area contributed by atoms with E-state index >= 15 is 0 Å². The fourth-order valence-corrected chi connectivity index (χ4v) is 2.12. The maximum absolute atomic E-state index is 12.0. The number of nitro benzene ring substituents is 1. The molecule has 1 heterocycles. The molecular weight excluding hydrogens is 284 g/mol. The minimum Gasteiger partial charge on any atom is -0.346 e. The third kappa shape index (κ3) is 3.25. The predicted octanol–water partition coefficient (Wildman–Crippen LogP) is 2.19. The molecular formula is C15H14N4O3. The van der Waals surface area contributed by atoms with Crippen LogP contribution in [0.1, 0.15) is 40.5 Å². The first kappa shape index (κ1) is 14.1. The number of nitrogens with one attached hydrogen (secondary N) is 1. The molecule has 7 heteroatoms. The van der Waals surface area contributed by atoms with Gasteiger partial charge >= 0.3 is 0 Å². The van der Waals surface area contributed by atoms with E-state index in [2.05, 4.69) is 15.3 Å². The molecule has 0 radical (unpaired) electrons. The molecule has 1 saturated carbocycles. The summed E-state index contributed by atoms with van der Waals surface area (Å²) in [6.45, 7) is 0.304. The zero-order valence-corrected chi connectivity index (χ0v) is 11.7. The van der Waals surface area contributed by atoms with Crippen LogP contribution in [-0.2, 0) is 6.54 Å². The Balaban J connectivity index is 1.61. The fraction of sp³-hybridized carbons (Fsp3) is 0.267. The molecule has 0 atom stereocenters. The lowest BCUT2D eigenvalue weighted by Gasteiger charge is -2.06. The normalized spacial score (nSPS) is 13.6. The number of hydrogen-bond acceptors (Lipinski definition) is 5. The highest BCUT2D eigenvalue weighted by Crippen LogP contribution is 2.38. The van der Waals surface area contributed by atoms with E-state index in [1.165, 1.54) is 30.6 Å². The van der Waals surface area contributed by atoms with Crippen molar-refractivity contribution in [3.8, 4) is 0 Å². The number of non-ortho nitro benzene ring substituents is 1. The SMILES string of the molecule is O=C(NCc1cc(C2CC2)ncn1)c1ccc([N+](=O)[O-])cc1. The molecule has 1 aromatic heterocycles. The molecule has 1 amide bonds. The Kier molecular flexibility index (Phi) is 3.78. The summed E-state index contributed by atoms with van der Waals surface area (Å²) in [5, 5.41) is 13.3. The van der Waals surface area contributed by atoms with E-state index in [-0.39, 0.29) is 11.6 Å². The van der Waals surface area contributed by atoms with Gasteiger partial charge in [0.1, 0.15) is 6.33 Å². The van der Waals surface area contributed by atoms with E-state index < -0.39 is 4.92 Å². The van der Waals surface area contributed by atoms with Crippen LogP contribution in [0.4, 0.5) is 5.69 Å². The summed E-state index contributed by atoms with van der Waals surface area (Å²) in [6.07, 6.45) is 3.83. The summed E-state index contributed by atoms with van der Waals surface area (Å²) >= 11 is 0. The first-order valence-electron chi connectivity index (χ1n) is 6.97. The topological polar surface area (TPSA) is 98.0 Å². The number of aromatic nitrogens is 2. The molecule has 0 spiro atoms. The number of nitro groups is 1. The van der Waals surface area contributed by atoms with Crippen molar-refractivity contribution in [3.63, 3.8) is 0 Å². The van der Waals surface area contributed by atoms with Crippen LogP contribution in [0.5, 0.6) is 0 Å². The molecule has 1 aromatic carbocycles. The Labute approximate surface area is 126 Å². The maximum atomic E-state index is 12.0. The quantitative estimate of drug-likeness (QED) is 0.674. The molecule has 0 saturated heterocycles.